The fourth-order valence-corrected chi connectivity index (χ4v) is 3.54. The lowest BCUT2D eigenvalue weighted by Crippen LogP contribution is -2.46. The molecule has 3 N–H and O–H groups in total. The molecular formula is C17H28ClN5O3. The molecule has 0 saturated carbocycles. The van der Waals surface area contributed by atoms with Crippen molar-refractivity contribution in [1.82, 2.24) is 20.7 Å². The van der Waals surface area contributed by atoms with E-state index in [1.54, 1.807) is 6.07 Å². The highest BCUT2D eigenvalue weighted by molar-refractivity contribution is 5.91. The largest absolute Gasteiger partial charge is 0.354 e. The van der Waals surface area contributed by atoms with Gasteiger partial charge in [-0.3, -0.25) is 19.8 Å². The molecule has 2 saturated heterocycles. The number of hydrogen-bond donors (Lipinski definition) is 3. The molecule has 0 spiro atoms. The molecule has 0 aliphatic carbocycles. The van der Waals surface area contributed by atoms with E-state index in [1.807, 2.05) is 6.92 Å². The molecule has 2 aliphatic heterocycles. The molecule has 26 heavy (non-hydrogen) atoms. The lowest BCUT2D eigenvalue weighted by Gasteiger charge is -2.32. The topological polar surface area (TPSA) is 99.5 Å². The van der Waals surface area contributed by atoms with Crippen molar-refractivity contribution in [1.29, 1.82) is 0 Å². The van der Waals surface area contributed by atoms with Crippen LogP contribution in [0.25, 0.3) is 0 Å². The van der Waals surface area contributed by atoms with Crippen LogP contribution in [0.5, 0.6) is 0 Å². The van der Waals surface area contributed by atoms with Crippen LogP contribution in [0.15, 0.2) is 10.6 Å². The van der Waals surface area contributed by atoms with E-state index < -0.39 is 0 Å². The maximum Gasteiger partial charge on any atom is 0.240 e. The zero-order valence-electron chi connectivity index (χ0n) is 15.1. The van der Waals surface area contributed by atoms with Gasteiger partial charge in [-0.1, -0.05) is 5.16 Å². The number of carbonyl (C=O) groups excluding carboxylic acids is 2. The number of amides is 2. The summed E-state index contributed by atoms with van der Waals surface area (Å²) in [5.74, 6) is 0.774. The highest BCUT2D eigenvalue weighted by atomic mass is 35.5. The zero-order valence-corrected chi connectivity index (χ0v) is 15.9. The van der Waals surface area contributed by atoms with Crippen LogP contribution in [-0.2, 0) is 9.59 Å². The average molecular weight is 386 g/mol. The molecule has 8 nitrogen and oxygen atoms in total. The van der Waals surface area contributed by atoms with Crippen LogP contribution in [-0.4, -0.2) is 60.6 Å². The Morgan fingerprint density at radius 1 is 1.38 bits per heavy atom. The number of nitrogens with zero attached hydrogens (tertiary/aromatic N) is 2. The van der Waals surface area contributed by atoms with Crippen LogP contribution in [0.4, 0.5) is 5.88 Å². The minimum absolute atomic E-state index is 0. The van der Waals surface area contributed by atoms with Crippen molar-refractivity contribution in [3.63, 3.8) is 0 Å². The number of anilines is 1. The third kappa shape index (κ3) is 5.96. The van der Waals surface area contributed by atoms with Crippen LogP contribution < -0.4 is 16.0 Å². The molecule has 0 radical (unpaired) electrons. The summed E-state index contributed by atoms with van der Waals surface area (Å²) < 4.78 is 5.00. The first-order valence-corrected chi connectivity index (χ1v) is 9.07. The van der Waals surface area contributed by atoms with E-state index in [0.29, 0.717) is 24.9 Å². The smallest absolute Gasteiger partial charge is 0.240 e. The Kier molecular flexibility index (Phi) is 7.86. The molecule has 1 aromatic heterocycles. The molecule has 2 amide bonds. The van der Waals surface area contributed by atoms with Crippen LogP contribution in [0.1, 0.15) is 31.4 Å². The number of nitrogens with one attached hydrogen (secondary N) is 3. The van der Waals surface area contributed by atoms with Gasteiger partial charge in [0.1, 0.15) is 0 Å². The Labute approximate surface area is 159 Å². The maximum absolute atomic E-state index is 12.1. The number of rotatable bonds is 6. The van der Waals surface area contributed by atoms with Crippen LogP contribution in [0, 0.1) is 12.8 Å². The first-order chi connectivity index (χ1) is 12.1. The highest BCUT2D eigenvalue weighted by Crippen LogP contribution is 2.16. The number of likely N-dealkylation sites (tertiary alicyclic amines) is 1. The van der Waals surface area contributed by atoms with E-state index in [-0.39, 0.29) is 30.3 Å². The van der Waals surface area contributed by atoms with E-state index >= 15 is 0 Å². The van der Waals surface area contributed by atoms with E-state index in [4.69, 9.17) is 4.52 Å². The summed E-state index contributed by atoms with van der Waals surface area (Å²) in [5.41, 5.74) is 0.737. The number of aryl methyl sites for hydroxylation is 1. The summed E-state index contributed by atoms with van der Waals surface area (Å²) >= 11 is 0. The maximum atomic E-state index is 12.1. The van der Waals surface area contributed by atoms with Gasteiger partial charge in [0.05, 0.1) is 18.3 Å². The van der Waals surface area contributed by atoms with Gasteiger partial charge in [0, 0.05) is 19.2 Å². The second-order valence-corrected chi connectivity index (χ2v) is 7.02. The van der Waals surface area contributed by atoms with Gasteiger partial charge in [0.25, 0.3) is 0 Å². The number of halogens is 1. The Hall–Kier alpha value is -1.64. The Morgan fingerprint density at radius 2 is 2.23 bits per heavy atom. The highest BCUT2D eigenvalue weighted by Gasteiger charge is 2.25. The van der Waals surface area contributed by atoms with Crippen molar-refractivity contribution in [2.45, 2.75) is 38.6 Å². The molecule has 2 fully saturated rings. The second-order valence-electron chi connectivity index (χ2n) is 7.02. The average Bonchev–Trinajstić information content (AvgIpc) is 3.25. The Morgan fingerprint density at radius 3 is 2.92 bits per heavy atom. The summed E-state index contributed by atoms with van der Waals surface area (Å²) in [7, 11) is 0. The van der Waals surface area contributed by atoms with E-state index in [1.165, 1.54) is 0 Å². The number of carbonyl (C=O) groups is 2. The standard InChI is InChI=1S/C17H27N5O3.ClH/c1-12-8-16(25-21-12)20-15(23)11-22-7-3-4-13(10-22)9-19-17(24)14-5-2-6-18-14;/h8,13-14,18H,2-7,9-11H2,1H3,(H,19,24)(H,20,23);1H. The fourth-order valence-electron chi connectivity index (χ4n) is 3.54. The Bertz CT molecular complexity index is 603. The first kappa shape index (κ1) is 20.7. The molecule has 2 atom stereocenters. The molecule has 146 valence electrons. The summed E-state index contributed by atoms with van der Waals surface area (Å²) in [6.45, 7) is 5.46. The van der Waals surface area contributed by atoms with Crippen LogP contribution in [0.2, 0.25) is 0 Å². The third-order valence-corrected chi connectivity index (χ3v) is 4.80. The molecule has 9 heteroatoms. The normalized spacial score (nSPS) is 23.3. The van der Waals surface area contributed by atoms with Crippen LogP contribution in [0.3, 0.4) is 0 Å². The van der Waals surface area contributed by atoms with Crippen molar-refractivity contribution >= 4 is 30.1 Å². The number of aromatic nitrogens is 1. The van der Waals surface area contributed by atoms with Gasteiger partial charge in [0.2, 0.25) is 17.7 Å². The third-order valence-electron chi connectivity index (χ3n) is 4.80. The SMILES string of the molecule is Cc1cc(NC(=O)CN2CCCC(CNC(=O)C3CCCN3)C2)on1.Cl. The number of piperidine rings is 1. The summed E-state index contributed by atoms with van der Waals surface area (Å²) in [4.78, 5) is 26.3. The van der Waals surface area contributed by atoms with Crippen LogP contribution >= 0.6 is 12.4 Å². The van der Waals surface area contributed by atoms with Crippen molar-refractivity contribution in [3.8, 4) is 0 Å². The molecular weight excluding hydrogens is 358 g/mol. The zero-order chi connectivity index (χ0) is 17.6. The summed E-state index contributed by atoms with van der Waals surface area (Å²) in [6, 6.07) is 1.67. The van der Waals surface area contributed by atoms with E-state index in [2.05, 4.69) is 26.0 Å². The molecule has 3 rings (SSSR count). The van der Waals surface area contributed by atoms with E-state index in [0.717, 1.165) is 51.0 Å². The van der Waals surface area contributed by atoms with Gasteiger partial charge in [-0.05, 0) is 51.6 Å². The lowest BCUT2D eigenvalue weighted by molar-refractivity contribution is -0.123. The predicted molar refractivity (Wildman–Crippen MR) is 100 cm³/mol. The summed E-state index contributed by atoms with van der Waals surface area (Å²) in [6.07, 6.45) is 4.10. The second kappa shape index (κ2) is 9.89. The fraction of sp³-hybridized carbons (Fsp3) is 0.706. The van der Waals surface area contributed by atoms with Crippen molar-refractivity contribution in [3.05, 3.63) is 11.8 Å². The quantitative estimate of drug-likeness (QED) is 0.673. The molecule has 0 aromatic carbocycles. The van der Waals surface area contributed by atoms with Crippen molar-refractivity contribution < 1.29 is 14.1 Å². The monoisotopic (exact) mass is 385 g/mol. The minimum Gasteiger partial charge on any atom is -0.354 e. The van der Waals surface area contributed by atoms with Gasteiger partial charge in [0.15, 0.2) is 0 Å². The molecule has 1 aromatic rings. The van der Waals surface area contributed by atoms with Gasteiger partial charge in [-0.2, -0.15) is 0 Å². The van der Waals surface area contributed by atoms with E-state index in [9.17, 15) is 9.59 Å². The lowest BCUT2D eigenvalue weighted by atomic mass is 9.98. The Balaban J connectivity index is 0.00000243. The first-order valence-electron chi connectivity index (χ1n) is 9.07. The predicted octanol–water partition coefficient (Wildman–Crippen LogP) is 0.924. The molecule has 2 aliphatic rings. The molecule has 2 unspecified atom stereocenters. The summed E-state index contributed by atoms with van der Waals surface area (Å²) in [5, 5.41) is 12.8. The van der Waals surface area contributed by atoms with Gasteiger partial charge < -0.3 is 15.2 Å². The van der Waals surface area contributed by atoms with Crippen molar-refractivity contribution in [2.75, 3.05) is 38.0 Å². The molecule has 0 bridgehead atoms. The van der Waals surface area contributed by atoms with Gasteiger partial charge in [-0.15, -0.1) is 12.4 Å². The van der Waals surface area contributed by atoms with Crippen molar-refractivity contribution in [2.24, 2.45) is 5.92 Å². The van der Waals surface area contributed by atoms with Gasteiger partial charge in [-0.25, -0.2) is 0 Å². The molecule has 3 heterocycles. The van der Waals surface area contributed by atoms with Gasteiger partial charge >= 0.3 is 0 Å². The minimum atomic E-state index is -0.101. The number of hydrogen-bond acceptors (Lipinski definition) is 6.